The van der Waals surface area contributed by atoms with Gasteiger partial charge in [-0.25, -0.2) is 8.42 Å². The summed E-state index contributed by atoms with van der Waals surface area (Å²) in [4.78, 5) is 25.3. The highest BCUT2D eigenvalue weighted by Gasteiger charge is 2.37. The van der Waals surface area contributed by atoms with Crippen LogP contribution in [0, 0.1) is 23.0 Å². The van der Waals surface area contributed by atoms with E-state index in [-0.39, 0.29) is 23.0 Å². The molecule has 2 aliphatic rings. The first-order valence-electron chi connectivity index (χ1n) is 9.93. The molecular formula is C21H23N3O5S. The Morgan fingerprint density at radius 3 is 2.57 bits per heavy atom. The maximum Gasteiger partial charge on any atom is 0.269 e. The lowest BCUT2D eigenvalue weighted by Gasteiger charge is -2.33. The van der Waals surface area contributed by atoms with Gasteiger partial charge in [-0.15, -0.1) is 0 Å². The number of rotatable bonds is 4. The molecule has 0 aliphatic carbocycles. The van der Waals surface area contributed by atoms with Crippen LogP contribution in [-0.2, 0) is 21.2 Å². The first-order valence-corrected chi connectivity index (χ1v) is 11.4. The number of piperidine rings is 1. The van der Waals surface area contributed by atoms with Gasteiger partial charge in [0.2, 0.25) is 15.9 Å². The van der Waals surface area contributed by atoms with Crippen molar-refractivity contribution in [1.29, 1.82) is 0 Å². The zero-order chi connectivity index (χ0) is 21.5. The summed E-state index contributed by atoms with van der Waals surface area (Å²) in [6.07, 6.45) is 2.04. The second-order valence-corrected chi connectivity index (χ2v) is 9.76. The standard InChI is InChI=1S/C21H23N3O5S/c1-15-4-5-16-10-12-23(20(16)13-15)21(25)17-3-2-11-22(14-17)30(28,29)19-8-6-18(7-9-19)24(26)27/h4-9,13,17H,2-3,10-12,14H2,1H3. The maximum atomic E-state index is 13.2. The van der Waals surface area contributed by atoms with Crippen molar-refractivity contribution in [2.75, 3.05) is 24.5 Å². The van der Waals surface area contributed by atoms with Crippen LogP contribution < -0.4 is 4.90 Å². The molecule has 2 aromatic carbocycles. The van der Waals surface area contributed by atoms with Gasteiger partial charge in [0, 0.05) is 37.5 Å². The largest absolute Gasteiger partial charge is 0.312 e. The number of carbonyl (C=O) groups excluding carboxylic acids is 1. The Bertz CT molecular complexity index is 1100. The van der Waals surface area contributed by atoms with Crippen molar-refractivity contribution in [2.24, 2.45) is 5.92 Å². The molecular weight excluding hydrogens is 406 g/mol. The van der Waals surface area contributed by atoms with Crippen LogP contribution in [0.4, 0.5) is 11.4 Å². The number of anilines is 1. The maximum absolute atomic E-state index is 13.2. The summed E-state index contributed by atoms with van der Waals surface area (Å²) in [5.74, 6) is -0.444. The van der Waals surface area contributed by atoms with E-state index in [0.29, 0.717) is 25.9 Å². The van der Waals surface area contributed by atoms with Crippen LogP contribution in [0.15, 0.2) is 47.4 Å². The molecule has 1 amide bonds. The molecule has 0 spiro atoms. The van der Waals surface area contributed by atoms with Crippen molar-refractivity contribution in [2.45, 2.75) is 31.1 Å². The number of fused-ring (bicyclic) bond motifs is 1. The van der Waals surface area contributed by atoms with Gasteiger partial charge in [-0.1, -0.05) is 12.1 Å². The molecule has 158 valence electrons. The summed E-state index contributed by atoms with van der Waals surface area (Å²) in [6, 6.07) is 11.0. The van der Waals surface area contributed by atoms with Gasteiger partial charge in [0.15, 0.2) is 0 Å². The lowest BCUT2D eigenvalue weighted by molar-refractivity contribution is -0.384. The molecule has 0 N–H and O–H groups in total. The summed E-state index contributed by atoms with van der Waals surface area (Å²) in [7, 11) is -3.82. The Morgan fingerprint density at radius 1 is 1.13 bits per heavy atom. The second-order valence-electron chi connectivity index (χ2n) is 7.83. The van der Waals surface area contributed by atoms with E-state index in [1.165, 1.54) is 28.6 Å². The number of sulfonamides is 1. The van der Waals surface area contributed by atoms with Crippen molar-refractivity contribution >= 4 is 27.3 Å². The minimum atomic E-state index is -3.82. The van der Waals surface area contributed by atoms with Gasteiger partial charge in [-0.3, -0.25) is 14.9 Å². The lowest BCUT2D eigenvalue weighted by Crippen LogP contribution is -2.46. The average Bonchev–Trinajstić information content (AvgIpc) is 3.16. The highest BCUT2D eigenvalue weighted by molar-refractivity contribution is 7.89. The molecule has 0 bridgehead atoms. The van der Waals surface area contributed by atoms with Crippen molar-refractivity contribution < 1.29 is 18.1 Å². The number of nitrogens with zero attached hydrogens (tertiary/aromatic N) is 3. The summed E-state index contributed by atoms with van der Waals surface area (Å²) < 4.78 is 27.4. The zero-order valence-corrected chi connectivity index (χ0v) is 17.5. The van der Waals surface area contributed by atoms with Crippen LogP contribution in [0.3, 0.4) is 0 Å². The van der Waals surface area contributed by atoms with E-state index < -0.39 is 20.9 Å². The number of hydrogen-bond acceptors (Lipinski definition) is 5. The van der Waals surface area contributed by atoms with E-state index in [0.717, 1.165) is 23.2 Å². The van der Waals surface area contributed by atoms with E-state index >= 15 is 0 Å². The minimum absolute atomic E-state index is 0.00309. The normalized spacial score (nSPS) is 19.5. The molecule has 2 aromatic rings. The predicted octanol–water partition coefficient (Wildman–Crippen LogP) is 2.89. The third kappa shape index (κ3) is 3.70. The lowest BCUT2D eigenvalue weighted by atomic mass is 9.98. The highest BCUT2D eigenvalue weighted by Crippen LogP contribution is 2.33. The molecule has 1 atom stereocenters. The van der Waals surface area contributed by atoms with Gasteiger partial charge in [0.25, 0.3) is 5.69 Å². The highest BCUT2D eigenvalue weighted by atomic mass is 32.2. The van der Waals surface area contributed by atoms with Gasteiger partial charge >= 0.3 is 0 Å². The smallest absolute Gasteiger partial charge is 0.269 e. The topological polar surface area (TPSA) is 101 Å². The molecule has 0 aromatic heterocycles. The number of hydrogen-bond donors (Lipinski definition) is 0. The summed E-state index contributed by atoms with van der Waals surface area (Å²) in [6.45, 7) is 3.05. The summed E-state index contributed by atoms with van der Waals surface area (Å²) in [5.41, 5.74) is 2.98. The average molecular weight is 429 g/mol. The molecule has 1 saturated heterocycles. The van der Waals surface area contributed by atoms with Gasteiger partial charge < -0.3 is 4.90 Å². The fourth-order valence-electron chi connectivity index (χ4n) is 4.19. The van der Waals surface area contributed by atoms with Gasteiger partial charge in [0.05, 0.1) is 15.7 Å². The van der Waals surface area contributed by atoms with Crippen molar-refractivity contribution in [3.63, 3.8) is 0 Å². The molecule has 0 saturated carbocycles. The van der Waals surface area contributed by atoms with Crippen LogP contribution in [0.5, 0.6) is 0 Å². The Labute approximate surface area is 175 Å². The van der Waals surface area contributed by atoms with E-state index in [1.54, 1.807) is 4.90 Å². The van der Waals surface area contributed by atoms with Gasteiger partial charge in [0.1, 0.15) is 0 Å². The SMILES string of the molecule is Cc1ccc2c(c1)N(C(=O)C1CCCN(S(=O)(=O)c3ccc([N+](=O)[O-])cc3)C1)CC2. The molecule has 4 rings (SSSR count). The third-order valence-electron chi connectivity index (χ3n) is 5.82. The van der Waals surface area contributed by atoms with Crippen molar-refractivity contribution in [3.05, 3.63) is 63.7 Å². The zero-order valence-electron chi connectivity index (χ0n) is 16.7. The number of nitro benzene ring substituents is 1. The fourth-order valence-corrected chi connectivity index (χ4v) is 5.71. The molecule has 1 fully saturated rings. The number of amides is 1. The number of non-ortho nitro benzene ring substituents is 1. The van der Waals surface area contributed by atoms with Gasteiger partial charge in [-0.2, -0.15) is 4.31 Å². The quantitative estimate of drug-likeness (QED) is 0.549. The predicted molar refractivity (Wildman–Crippen MR) is 112 cm³/mol. The fraction of sp³-hybridized carbons (Fsp3) is 0.381. The van der Waals surface area contributed by atoms with E-state index in [1.807, 2.05) is 25.1 Å². The van der Waals surface area contributed by atoms with E-state index in [4.69, 9.17) is 0 Å². The van der Waals surface area contributed by atoms with Gasteiger partial charge in [-0.05, 0) is 55.5 Å². The molecule has 2 aliphatic heterocycles. The molecule has 9 heteroatoms. The van der Waals surface area contributed by atoms with Crippen molar-refractivity contribution in [3.8, 4) is 0 Å². The molecule has 1 unspecified atom stereocenters. The monoisotopic (exact) mass is 429 g/mol. The first-order chi connectivity index (χ1) is 14.3. The first kappa shape index (κ1) is 20.5. The number of benzene rings is 2. The minimum Gasteiger partial charge on any atom is -0.312 e. The number of carbonyl (C=O) groups is 1. The molecule has 0 radical (unpaired) electrons. The number of aryl methyl sites for hydroxylation is 1. The second kappa shape index (κ2) is 7.81. The Morgan fingerprint density at radius 2 is 1.87 bits per heavy atom. The summed E-state index contributed by atoms with van der Waals surface area (Å²) in [5, 5.41) is 10.8. The Hall–Kier alpha value is -2.78. The van der Waals surface area contributed by atoms with E-state index in [2.05, 4.69) is 0 Å². The Kier molecular flexibility index (Phi) is 5.33. The van der Waals surface area contributed by atoms with Crippen LogP contribution in [0.25, 0.3) is 0 Å². The van der Waals surface area contributed by atoms with Crippen LogP contribution in [-0.4, -0.2) is 43.2 Å². The number of nitro groups is 1. The summed E-state index contributed by atoms with van der Waals surface area (Å²) >= 11 is 0. The molecule has 2 heterocycles. The van der Waals surface area contributed by atoms with Crippen LogP contribution in [0.2, 0.25) is 0 Å². The molecule has 8 nitrogen and oxygen atoms in total. The Balaban J connectivity index is 1.53. The van der Waals surface area contributed by atoms with Crippen LogP contribution >= 0.6 is 0 Å². The van der Waals surface area contributed by atoms with E-state index in [9.17, 15) is 23.3 Å². The molecule has 30 heavy (non-hydrogen) atoms. The van der Waals surface area contributed by atoms with Crippen molar-refractivity contribution in [1.82, 2.24) is 4.31 Å². The van der Waals surface area contributed by atoms with Crippen LogP contribution in [0.1, 0.15) is 24.0 Å². The third-order valence-corrected chi connectivity index (χ3v) is 7.70.